The summed E-state index contributed by atoms with van der Waals surface area (Å²) in [6, 6.07) is 16.1. The molecule has 1 fully saturated rings. The highest BCUT2D eigenvalue weighted by Gasteiger charge is 2.46. The van der Waals surface area contributed by atoms with Crippen molar-refractivity contribution in [3.05, 3.63) is 66.7 Å². The van der Waals surface area contributed by atoms with E-state index < -0.39 is 5.41 Å². The van der Waals surface area contributed by atoms with Gasteiger partial charge in [0.25, 0.3) is 0 Å². The molecule has 0 bridgehead atoms. The Morgan fingerprint density at radius 1 is 1.12 bits per heavy atom. The number of rotatable bonds is 7. The average molecular weight is 448 g/mol. The fourth-order valence-corrected chi connectivity index (χ4v) is 4.58. The van der Waals surface area contributed by atoms with Crippen molar-refractivity contribution in [2.24, 2.45) is 5.41 Å². The molecule has 1 aromatic heterocycles. The number of hydrogen-bond donors (Lipinski definition) is 0. The van der Waals surface area contributed by atoms with Gasteiger partial charge in [0.2, 0.25) is 11.8 Å². The van der Waals surface area contributed by atoms with E-state index in [1.165, 1.54) is 17.3 Å². The molecule has 0 saturated carbocycles. The van der Waals surface area contributed by atoms with E-state index in [1.54, 1.807) is 31.0 Å². The van der Waals surface area contributed by atoms with E-state index in [9.17, 15) is 9.59 Å². The highest BCUT2D eigenvalue weighted by molar-refractivity contribution is 5.85. The molecule has 172 valence electrons. The smallest absolute Gasteiger partial charge is 0.244 e. The Bertz CT molecular complexity index is 1110. The minimum Gasteiger partial charge on any atom is -0.496 e. The van der Waals surface area contributed by atoms with E-state index >= 15 is 0 Å². The van der Waals surface area contributed by atoms with Crippen LogP contribution in [-0.4, -0.2) is 70.7 Å². The van der Waals surface area contributed by atoms with Crippen LogP contribution in [0.2, 0.25) is 0 Å². The van der Waals surface area contributed by atoms with Gasteiger partial charge in [0.05, 0.1) is 12.5 Å². The summed E-state index contributed by atoms with van der Waals surface area (Å²) in [7, 11) is 5.21. The molecule has 1 atom stereocenters. The van der Waals surface area contributed by atoms with Crippen LogP contribution in [0, 0.1) is 5.41 Å². The maximum absolute atomic E-state index is 13.3. The Labute approximate surface area is 193 Å². The Kier molecular flexibility index (Phi) is 6.44. The zero-order valence-electron chi connectivity index (χ0n) is 19.3. The van der Waals surface area contributed by atoms with Crippen LogP contribution in [0.3, 0.4) is 0 Å². The third-order valence-electron chi connectivity index (χ3n) is 6.24. The quantitative estimate of drug-likeness (QED) is 0.556. The maximum Gasteiger partial charge on any atom is 0.244 e. The molecular formula is C25H29N5O3. The Morgan fingerprint density at radius 3 is 2.55 bits per heavy atom. The number of methoxy groups -OCH3 is 1. The third kappa shape index (κ3) is 4.74. The van der Waals surface area contributed by atoms with Gasteiger partial charge in [-0.25, -0.2) is 9.67 Å². The van der Waals surface area contributed by atoms with Crippen LogP contribution in [0.15, 0.2) is 61.2 Å². The predicted octanol–water partition coefficient (Wildman–Crippen LogP) is 2.50. The third-order valence-corrected chi connectivity index (χ3v) is 6.24. The van der Waals surface area contributed by atoms with E-state index in [0.29, 0.717) is 25.9 Å². The summed E-state index contributed by atoms with van der Waals surface area (Å²) in [6.07, 6.45) is 4.13. The molecule has 8 nitrogen and oxygen atoms in total. The van der Waals surface area contributed by atoms with Crippen molar-refractivity contribution >= 4 is 11.8 Å². The highest BCUT2D eigenvalue weighted by Crippen LogP contribution is 2.37. The molecule has 0 spiro atoms. The van der Waals surface area contributed by atoms with E-state index in [2.05, 4.69) is 34.3 Å². The standard InChI is InChI=1S/C25H29N5O3/c1-28(2)24(32)25(12-13-29(16-25)23(31)15-30-18-26-17-27-30)14-19-8-10-20(11-9-19)21-6-4-5-7-22(21)33-3/h4-11,17-18H,12-16H2,1-3H3/t25-/m1/s1. The second kappa shape index (κ2) is 9.44. The second-order valence-corrected chi connectivity index (χ2v) is 8.71. The number of likely N-dealkylation sites (tertiary alicyclic amines) is 1. The van der Waals surface area contributed by atoms with Gasteiger partial charge in [-0.2, -0.15) is 5.10 Å². The SMILES string of the molecule is COc1ccccc1-c1ccc(C[C@]2(C(=O)N(C)C)CCN(C(=O)Cn3cncn3)C2)cc1. The molecule has 0 N–H and O–H groups in total. The summed E-state index contributed by atoms with van der Waals surface area (Å²) in [5.74, 6) is 0.814. The molecule has 1 aliphatic heterocycles. The zero-order valence-corrected chi connectivity index (χ0v) is 19.3. The van der Waals surface area contributed by atoms with Crippen molar-refractivity contribution in [1.82, 2.24) is 24.6 Å². The molecule has 8 heteroatoms. The molecule has 0 aliphatic carbocycles. The molecule has 0 unspecified atom stereocenters. The minimum absolute atomic E-state index is 0.0485. The van der Waals surface area contributed by atoms with Crippen LogP contribution in [-0.2, 0) is 22.6 Å². The average Bonchev–Trinajstić information content (AvgIpc) is 3.50. The number of carbonyl (C=O) groups is 2. The van der Waals surface area contributed by atoms with Crippen molar-refractivity contribution in [2.45, 2.75) is 19.4 Å². The van der Waals surface area contributed by atoms with Crippen LogP contribution in [0.1, 0.15) is 12.0 Å². The molecule has 3 aromatic rings. The highest BCUT2D eigenvalue weighted by atomic mass is 16.5. The first-order valence-corrected chi connectivity index (χ1v) is 11.0. The lowest BCUT2D eigenvalue weighted by Crippen LogP contribution is -2.45. The van der Waals surface area contributed by atoms with Crippen molar-refractivity contribution in [2.75, 3.05) is 34.3 Å². The second-order valence-electron chi connectivity index (χ2n) is 8.71. The van der Waals surface area contributed by atoms with E-state index in [0.717, 1.165) is 22.4 Å². The summed E-state index contributed by atoms with van der Waals surface area (Å²) < 4.78 is 6.99. The van der Waals surface area contributed by atoms with Gasteiger partial charge in [-0.3, -0.25) is 9.59 Å². The number of ether oxygens (including phenoxy) is 1. The van der Waals surface area contributed by atoms with Gasteiger partial charge in [0.1, 0.15) is 24.9 Å². The first kappa shape index (κ1) is 22.5. The van der Waals surface area contributed by atoms with Crippen molar-refractivity contribution in [3.8, 4) is 16.9 Å². The van der Waals surface area contributed by atoms with Gasteiger partial charge >= 0.3 is 0 Å². The molecule has 2 heterocycles. The van der Waals surface area contributed by atoms with Crippen molar-refractivity contribution in [1.29, 1.82) is 0 Å². The normalized spacial score (nSPS) is 17.7. The summed E-state index contributed by atoms with van der Waals surface area (Å²) in [6.45, 7) is 1.07. The monoisotopic (exact) mass is 447 g/mol. The molecule has 4 rings (SSSR count). The van der Waals surface area contributed by atoms with Gasteiger partial charge in [0.15, 0.2) is 0 Å². The molecule has 1 saturated heterocycles. The van der Waals surface area contributed by atoms with Crippen LogP contribution >= 0.6 is 0 Å². The lowest BCUT2D eigenvalue weighted by Gasteiger charge is -2.31. The Balaban J connectivity index is 1.53. The summed E-state index contributed by atoms with van der Waals surface area (Å²) in [5.41, 5.74) is 2.50. The lowest BCUT2D eigenvalue weighted by atomic mass is 9.79. The number of hydrogen-bond acceptors (Lipinski definition) is 5. The lowest BCUT2D eigenvalue weighted by molar-refractivity contribution is -0.139. The fourth-order valence-electron chi connectivity index (χ4n) is 4.58. The Morgan fingerprint density at radius 2 is 1.88 bits per heavy atom. The Hall–Kier alpha value is -3.68. The van der Waals surface area contributed by atoms with Gasteiger partial charge in [-0.15, -0.1) is 0 Å². The van der Waals surface area contributed by atoms with Gasteiger partial charge in [0, 0.05) is 32.7 Å². The van der Waals surface area contributed by atoms with Crippen molar-refractivity contribution < 1.29 is 14.3 Å². The molecule has 2 aromatic carbocycles. The van der Waals surface area contributed by atoms with Crippen LogP contribution in [0.25, 0.3) is 11.1 Å². The fraction of sp³-hybridized carbons (Fsp3) is 0.360. The van der Waals surface area contributed by atoms with E-state index in [1.807, 2.05) is 24.3 Å². The zero-order chi connectivity index (χ0) is 23.4. The number of aromatic nitrogens is 3. The minimum atomic E-state index is -0.645. The first-order chi connectivity index (χ1) is 15.9. The number of benzene rings is 2. The van der Waals surface area contributed by atoms with Gasteiger partial charge in [-0.1, -0.05) is 42.5 Å². The summed E-state index contributed by atoms with van der Waals surface area (Å²) in [5, 5.41) is 4.01. The number of nitrogens with zero attached hydrogens (tertiary/aromatic N) is 5. The number of carbonyl (C=O) groups excluding carboxylic acids is 2. The summed E-state index contributed by atoms with van der Waals surface area (Å²) >= 11 is 0. The molecule has 33 heavy (non-hydrogen) atoms. The van der Waals surface area contributed by atoms with Crippen LogP contribution in [0.5, 0.6) is 5.75 Å². The largest absolute Gasteiger partial charge is 0.496 e. The molecule has 2 amide bonds. The summed E-state index contributed by atoms with van der Waals surface area (Å²) in [4.78, 5) is 33.4. The number of amides is 2. The first-order valence-electron chi connectivity index (χ1n) is 11.0. The maximum atomic E-state index is 13.3. The van der Waals surface area contributed by atoms with Crippen LogP contribution < -0.4 is 4.74 Å². The molecule has 0 radical (unpaired) electrons. The molecule has 1 aliphatic rings. The van der Waals surface area contributed by atoms with Crippen molar-refractivity contribution in [3.63, 3.8) is 0 Å². The van der Waals surface area contributed by atoms with Gasteiger partial charge < -0.3 is 14.5 Å². The number of para-hydroxylation sites is 1. The molecular weight excluding hydrogens is 418 g/mol. The predicted molar refractivity (Wildman–Crippen MR) is 124 cm³/mol. The van der Waals surface area contributed by atoms with Gasteiger partial charge in [-0.05, 0) is 30.0 Å². The van der Waals surface area contributed by atoms with E-state index in [-0.39, 0.29) is 18.4 Å². The topological polar surface area (TPSA) is 80.6 Å². The van der Waals surface area contributed by atoms with Crippen LogP contribution in [0.4, 0.5) is 0 Å². The van der Waals surface area contributed by atoms with E-state index in [4.69, 9.17) is 4.74 Å².